The van der Waals surface area contributed by atoms with E-state index in [1.54, 1.807) is 33.8 Å². The number of carbonyl (C=O) groups is 3. The first-order valence-corrected chi connectivity index (χ1v) is 8.36. The van der Waals surface area contributed by atoms with E-state index >= 15 is 0 Å². The van der Waals surface area contributed by atoms with Gasteiger partial charge in [-0.3, -0.25) is 9.59 Å². The fraction of sp³-hybridized carbons (Fsp3) is 0.526. The standard InChI is InChI=1S/C19H22O6/c1-9(2)17(21)23-13-6-10(3)12-7-15(20)19(5,25-12)8-14-16(13)11(4)18(22)24-14/h6-7,9,13-14,16H,4,8H2,1-3,5H3. The summed E-state index contributed by atoms with van der Waals surface area (Å²) in [5.41, 5.74) is -0.181. The lowest BCUT2D eigenvalue weighted by Gasteiger charge is -2.29. The van der Waals surface area contributed by atoms with Gasteiger partial charge in [-0.2, -0.15) is 0 Å². The molecule has 6 heteroatoms. The summed E-state index contributed by atoms with van der Waals surface area (Å²) in [7, 11) is 0. The van der Waals surface area contributed by atoms with Gasteiger partial charge in [0.05, 0.1) is 11.8 Å². The Kier molecular flexibility index (Phi) is 4.09. The van der Waals surface area contributed by atoms with Crippen LogP contribution in [0, 0.1) is 11.8 Å². The van der Waals surface area contributed by atoms with Crippen LogP contribution in [-0.4, -0.2) is 35.5 Å². The molecule has 134 valence electrons. The number of rotatable bonds is 2. The van der Waals surface area contributed by atoms with Gasteiger partial charge in [0.25, 0.3) is 0 Å². The average molecular weight is 346 g/mol. The van der Waals surface area contributed by atoms with Crippen molar-refractivity contribution < 1.29 is 28.6 Å². The maximum absolute atomic E-state index is 12.4. The highest BCUT2D eigenvalue weighted by Gasteiger charge is 2.52. The van der Waals surface area contributed by atoms with Gasteiger partial charge in [-0.05, 0) is 25.5 Å². The first kappa shape index (κ1) is 17.5. The van der Waals surface area contributed by atoms with E-state index < -0.39 is 29.7 Å². The molecule has 0 aromatic rings. The number of hydrogen-bond donors (Lipinski definition) is 0. The highest BCUT2D eigenvalue weighted by atomic mass is 16.6. The second-order valence-electron chi connectivity index (χ2n) is 7.31. The SMILES string of the molecule is C=C1C(=O)OC2CC3(C)OC(=CC3=O)C(C)=CC(OC(=O)C(C)C)C12. The van der Waals surface area contributed by atoms with Crippen molar-refractivity contribution in [2.75, 3.05) is 0 Å². The smallest absolute Gasteiger partial charge is 0.334 e. The summed E-state index contributed by atoms with van der Waals surface area (Å²) < 4.78 is 16.9. The molecule has 3 rings (SSSR count). The van der Waals surface area contributed by atoms with Gasteiger partial charge in [-0.25, -0.2) is 4.79 Å². The Morgan fingerprint density at radius 3 is 2.72 bits per heavy atom. The molecular formula is C19H22O6. The Hall–Kier alpha value is -2.37. The second-order valence-corrected chi connectivity index (χ2v) is 7.31. The van der Waals surface area contributed by atoms with E-state index in [9.17, 15) is 14.4 Å². The van der Waals surface area contributed by atoms with Gasteiger partial charge < -0.3 is 14.2 Å². The predicted molar refractivity (Wildman–Crippen MR) is 88.2 cm³/mol. The van der Waals surface area contributed by atoms with Crippen molar-refractivity contribution in [2.24, 2.45) is 11.8 Å². The summed E-state index contributed by atoms with van der Waals surface area (Å²) in [5.74, 6) is -1.47. The van der Waals surface area contributed by atoms with Gasteiger partial charge in [-0.1, -0.05) is 20.4 Å². The largest absolute Gasteiger partial charge is 0.479 e. The summed E-state index contributed by atoms with van der Waals surface area (Å²) in [6.07, 6.45) is 1.98. The minimum absolute atomic E-state index is 0.166. The van der Waals surface area contributed by atoms with E-state index in [0.29, 0.717) is 11.3 Å². The highest BCUT2D eigenvalue weighted by Crippen LogP contribution is 2.42. The van der Waals surface area contributed by atoms with Crippen LogP contribution in [0.1, 0.15) is 34.1 Å². The molecule has 4 atom stereocenters. The van der Waals surface area contributed by atoms with E-state index in [0.717, 1.165) is 0 Å². The van der Waals surface area contributed by atoms with Crippen LogP contribution in [0.25, 0.3) is 0 Å². The third-order valence-electron chi connectivity index (χ3n) is 4.91. The van der Waals surface area contributed by atoms with Gasteiger partial charge >= 0.3 is 11.9 Å². The van der Waals surface area contributed by atoms with Gasteiger partial charge in [0.2, 0.25) is 5.78 Å². The molecule has 0 radical (unpaired) electrons. The van der Waals surface area contributed by atoms with Crippen molar-refractivity contribution in [3.05, 3.63) is 35.6 Å². The number of ether oxygens (including phenoxy) is 3. The van der Waals surface area contributed by atoms with Crippen molar-refractivity contribution in [3.8, 4) is 0 Å². The van der Waals surface area contributed by atoms with Crippen LogP contribution in [0.2, 0.25) is 0 Å². The summed E-state index contributed by atoms with van der Waals surface area (Å²) >= 11 is 0. The Morgan fingerprint density at radius 1 is 1.40 bits per heavy atom. The van der Waals surface area contributed by atoms with Crippen LogP contribution in [0.5, 0.6) is 0 Å². The number of esters is 2. The van der Waals surface area contributed by atoms with E-state index in [1.807, 2.05) is 0 Å². The predicted octanol–water partition coefficient (Wildman–Crippen LogP) is 2.24. The molecule has 25 heavy (non-hydrogen) atoms. The summed E-state index contributed by atoms with van der Waals surface area (Å²) in [6, 6.07) is 0. The first-order chi connectivity index (χ1) is 11.6. The Balaban J connectivity index is 2.06. The maximum atomic E-state index is 12.4. The van der Waals surface area contributed by atoms with E-state index in [-0.39, 0.29) is 29.7 Å². The molecule has 3 aliphatic heterocycles. The fourth-order valence-corrected chi connectivity index (χ4v) is 3.35. The number of fused-ring (bicyclic) bond motifs is 3. The lowest BCUT2D eigenvalue weighted by atomic mass is 9.83. The number of hydrogen-bond acceptors (Lipinski definition) is 6. The number of allylic oxidation sites excluding steroid dienone is 1. The van der Waals surface area contributed by atoms with Crippen molar-refractivity contribution >= 4 is 17.7 Å². The Morgan fingerprint density at radius 2 is 2.08 bits per heavy atom. The second kappa shape index (κ2) is 5.86. The maximum Gasteiger partial charge on any atom is 0.334 e. The minimum atomic E-state index is -1.10. The third-order valence-corrected chi connectivity index (χ3v) is 4.91. The van der Waals surface area contributed by atoms with Crippen molar-refractivity contribution in [3.63, 3.8) is 0 Å². The molecule has 1 saturated heterocycles. The van der Waals surface area contributed by atoms with Crippen molar-refractivity contribution in [1.29, 1.82) is 0 Å². The van der Waals surface area contributed by atoms with Gasteiger partial charge in [0, 0.05) is 18.1 Å². The van der Waals surface area contributed by atoms with Gasteiger partial charge in [-0.15, -0.1) is 0 Å². The quantitative estimate of drug-likeness (QED) is 0.564. The van der Waals surface area contributed by atoms with Crippen LogP contribution in [0.15, 0.2) is 35.6 Å². The van der Waals surface area contributed by atoms with Gasteiger partial charge in [0.15, 0.2) is 5.60 Å². The van der Waals surface area contributed by atoms with Crippen LogP contribution < -0.4 is 0 Å². The van der Waals surface area contributed by atoms with Crippen LogP contribution >= 0.6 is 0 Å². The zero-order valence-electron chi connectivity index (χ0n) is 14.8. The minimum Gasteiger partial charge on any atom is -0.479 e. The summed E-state index contributed by atoms with van der Waals surface area (Å²) in [5, 5.41) is 0. The van der Waals surface area contributed by atoms with Crippen LogP contribution in [-0.2, 0) is 28.6 Å². The summed E-state index contributed by atoms with van der Waals surface area (Å²) in [6.45, 7) is 10.8. The number of ketones is 1. The van der Waals surface area contributed by atoms with E-state index in [4.69, 9.17) is 14.2 Å². The molecular weight excluding hydrogens is 324 g/mol. The Bertz CT molecular complexity index is 728. The monoisotopic (exact) mass is 346 g/mol. The van der Waals surface area contributed by atoms with E-state index in [2.05, 4.69) is 6.58 Å². The molecule has 0 aliphatic carbocycles. The van der Waals surface area contributed by atoms with Crippen molar-refractivity contribution in [1.82, 2.24) is 0 Å². The van der Waals surface area contributed by atoms with Crippen LogP contribution in [0.3, 0.4) is 0 Å². The van der Waals surface area contributed by atoms with E-state index in [1.165, 1.54) is 6.08 Å². The zero-order chi connectivity index (χ0) is 18.5. The molecule has 0 aromatic heterocycles. The molecule has 6 nitrogen and oxygen atoms in total. The highest BCUT2D eigenvalue weighted by molar-refractivity contribution is 6.00. The average Bonchev–Trinajstić information content (AvgIpc) is 2.96. The van der Waals surface area contributed by atoms with Crippen LogP contribution in [0.4, 0.5) is 0 Å². The molecule has 4 unspecified atom stereocenters. The fourth-order valence-electron chi connectivity index (χ4n) is 3.35. The number of carbonyl (C=O) groups excluding carboxylic acids is 3. The molecule has 3 aliphatic rings. The van der Waals surface area contributed by atoms with Crippen molar-refractivity contribution in [2.45, 2.75) is 51.9 Å². The Labute approximate surface area is 146 Å². The lowest BCUT2D eigenvalue weighted by molar-refractivity contribution is -0.154. The normalized spacial score (nSPS) is 34.3. The molecule has 2 bridgehead atoms. The molecule has 0 N–H and O–H groups in total. The topological polar surface area (TPSA) is 78.9 Å². The molecule has 0 aromatic carbocycles. The molecule has 0 spiro atoms. The molecule has 1 fully saturated rings. The summed E-state index contributed by atoms with van der Waals surface area (Å²) in [4.78, 5) is 36.6. The lowest BCUT2D eigenvalue weighted by Crippen LogP contribution is -2.41. The zero-order valence-corrected chi connectivity index (χ0v) is 14.8. The molecule has 0 amide bonds. The molecule has 3 heterocycles. The molecule has 0 saturated carbocycles. The first-order valence-electron chi connectivity index (χ1n) is 8.36. The van der Waals surface area contributed by atoms with Gasteiger partial charge in [0.1, 0.15) is 18.0 Å². The third kappa shape index (κ3) is 2.90.